The Balaban J connectivity index is 1.54. The summed E-state index contributed by atoms with van der Waals surface area (Å²) in [6.07, 6.45) is 0. The molecular formula is C21H21N3O4S. The molecule has 1 N–H and O–H groups in total. The molecule has 2 heterocycles. The van der Waals surface area contributed by atoms with Gasteiger partial charge in [0.2, 0.25) is 5.91 Å². The zero-order valence-electron chi connectivity index (χ0n) is 16.2. The van der Waals surface area contributed by atoms with E-state index in [0.29, 0.717) is 53.0 Å². The summed E-state index contributed by atoms with van der Waals surface area (Å²) in [5.41, 5.74) is 1.16. The van der Waals surface area contributed by atoms with Crippen LogP contribution in [0.2, 0.25) is 0 Å². The van der Waals surface area contributed by atoms with E-state index < -0.39 is 5.25 Å². The fourth-order valence-corrected chi connectivity index (χ4v) is 4.07. The lowest BCUT2D eigenvalue weighted by molar-refractivity contribution is -0.115. The van der Waals surface area contributed by atoms with Crippen molar-refractivity contribution < 1.29 is 14.3 Å². The molecule has 3 aromatic rings. The summed E-state index contributed by atoms with van der Waals surface area (Å²) in [6, 6.07) is 12.5. The molecular weight excluding hydrogens is 390 g/mol. The number of hydrogen-bond donors (Lipinski definition) is 1. The van der Waals surface area contributed by atoms with Gasteiger partial charge in [-0.1, -0.05) is 23.9 Å². The highest BCUT2D eigenvalue weighted by Gasteiger charge is 2.20. The standard InChI is InChI=1S/C21H21N3O4S/c1-3-24-20(26)15-6-4-5-7-16(15)23-21(24)29-13(2)19(25)22-14-8-9-17-18(12-14)28-11-10-27-17/h4-9,12-13H,3,10-11H2,1-2H3,(H,22,25). The molecule has 8 heteroatoms. The SMILES string of the molecule is CCn1c(SC(C)C(=O)Nc2ccc3c(c2)OCCO3)nc2ccccc2c1=O. The topological polar surface area (TPSA) is 82.5 Å². The molecule has 150 valence electrons. The van der Waals surface area contributed by atoms with Crippen LogP contribution in [-0.4, -0.2) is 33.9 Å². The molecule has 1 aliphatic heterocycles. The first-order valence-corrected chi connectivity index (χ1v) is 10.3. The molecule has 1 aliphatic rings. The molecule has 4 rings (SSSR count). The number of para-hydroxylation sites is 1. The molecule has 29 heavy (non-hydrogen) atoms. The maximum Gasteiger partial charge on any atom is 0.262 e. The second-order valence-corrected chi connectivity index (χ2v) is 7.88. The van der Waals surface area contributed by atoms with Crippen LogP contribution in [-0.2, 0) is 11.3 Å². The van der Waals surface area contributed by atoms with Crippen LogP contribution in [0.3, 0.4) is 0 Å². The lowest BCUT2D eigenvalue weighted by Gasteiger charge is -2.19. The van der Waals surface area contributed by atoms with Gasteiger partial charge in [-0.25, -0.2) is 4.98 Å². The molecule has 7 nitrogen and oxygen atoms in total. The predicted molar refractivity (Wildman–Crippen MR) is 113 cm³/mol. The maximum absolute atomic E-state index is 12.7. The summed E-state index contributed by atoms with van der Waals surface area (Å²) < 4.78 is 12.7. The van der Waals surface area contributed by atoms with E-state index in [1.165, 1.54) is 11.8 Å². The van der Waals surface area contributed by atoms with Crippen molar-refractivity contribution in [2.24, 2.45) is 0 Å². The first kappa shape index (κ1) is 19.3. The number of rotatable bonds is 5. The Labute approximate surface area is 172 Å². The summed E-state index contributed by atoms with van der Waals surface area (Å²) in [5.74, 6) is 1.10. The van der Waals surface area contributed by atoms with Crippen molar-refractivity contribution in [3.63, 3.8) is 0 Å². The van der Waals surface area contributed by atoms with E-state index in [4.69, 9.17) is 9.47 Å². The number of fused-ring (bicyclic) bond motifs is 2. The van der Waals surface area contributed by atoms with Gasteiger partial charge in [-0.05, 0) is 38.1 Å². The fraction of sp³-hybridized carbons (Fsp3) is 0.286. The van der Waals surface area contributed by atoms with Gasteiger partial charge in [-0.2, -0.15) is 0 Å². The maximum atomic E-state index is 12.7. The van der Waals surface area contributed by atoms with Gasteiger partial charge >= 0.3 is 0 Å². The minimum atomic E-state index is -0.450. The minimum absolute atomic E-state index is 0.0972. The van der Waals surface area contributed by atoms with Gasteiger partial charge in [-0.3, -0.25) is 14.2 Å². The molecule has 1 aromatic heterocycles. The van der Waals surface area contributed by atoms with Gasteiger partial charge < -0.3 is 14.8 Å². The van der Waals surface area contributed by atoms with E-state index >= 15 is 0 Å². The zero-order chi connectivity index (χ0) is 20.4. The van der Waals surface area contributed by atoms with Crippen LogP contribution >= 0.6 is 11.8 Å². The van der Waals surface area contributed by atoms with Gasteiger partial charge in [-0.15, -0.1) is 0 Å². The lowest BCUT2D eigenvalue weighted by atomic mass is 10.2. The second-order valence-electron chi connectivity index (χ2n) is 6.57. The molecule has 1 unspecified atom stereocenters. The normalized spacial score (nSPS) is 13.9. The molecule has 2 aromatic carbocycles. The van der Waals surface area contributed by atoms with E-state index in [2.05, 4.69) is 10.3 Å². The monoisotopic (exact) mass is 411 g/mol. The van der Waals surface area contributed by atoms with Crippen LogP contribution < -0.4 is 20.3 Å². The van der Waals surface area contributed by atoms with Crippen molar-refractivity contribution in [2.75, 3.05) is 18.5 Å². The third-order valence-corrected chi connectivity index (χ3v) is 5.69. The minimum Gasteiger partial charge on any atom is -0.486 e. The Kier molecular flexibility index (Phi) is 5.44. The molecule has 0 spiro atoms. The quantitative estimate of drug-likeness (QED) is 0.512. The van der Waals surface area contributed by atoms with Crippen molar-refractivity contribution in [1.82, 2.24) is 9.55 Å². The number of amides is 1. The van der Waals surface area contributed by atoms with Crippen molar-refractivity contribution in [2.45, 2.75) is 30.8 Å². The Bertz CT molecular complexity index is 1130. The number of carbonyl (C=O) groups excluding carboxylic acids is 1. The highest BCUT2D eigenvalue weighted by molar-refractivity contribution is 8.00. The van der Waals surface area contributed by atoms with Crippen LogP contribution in [0.15, 0.2) is 52.4 Å². The third kappa shape index (κ3) is 3.93. The molecule has 1 atom stereocenters. The predicted octanol–water partition coefficient (Wildman–Crippen LogP) is 3.31. The number of aromatic nitrogens is 2. The summed E-state index contributed by atoms with van der Waals surface area (Å²) in [5, 5.41) is 3.55. The molecule has 1 amide bonds. The number of thioether (sulfide) groups is 1. The first-order valence-electron chi connectivity index (χ1n) is 9.43. The van der Waals surface area contributed by atoms with Crippen molar-refractivity contribution in [3.8, 4) is 11.5 Å². The van der Waals surface area contributed by atoms with Crippen molar-refractivity contribution in [3.05, 3.63) is 52.8 Å². The summed E-state index contributed by atoms with van der Waals surface area (Å²) >= 11 is 1.26. The van der Waals surface area contributed by atoms with Gasteiger partial charge in [0, 0.05) is 18.3 Å². The average molecular weight is 411 g/mol. The number of carbonyl (C=O) groups is 1. The number of hydrogen-bond acceptors (Lipinski definition) is 6. The van der Waals surface area contributed by atoms with Gasteiger partial charge in [0.05, 0.1) is 16.2 Å². The number of anilines is 1. The van der Waals surface area contributed by atoms with E-state index in [-0.39, 0.29) is 11.5 Å². The number of benzene rings is 2. The lowest BCUT2D eigenvalue weighted by Crippen LogP contribution is -2.26. The molecule has 0 saturated heterocycles. The molecule has 0 bridgehead atoms. The Hall–Kier alpha value is -3.00. The van der Waals surface area contributed by atoms with Crippen LogP contribution in [0.1, 0.15) is 13.8 Å². The van der Waals surface area contributed by atoms with Gasteiger partial charge in [0.25, 0.3) is 5.56 Å². The van der Waals surface area contributed by atoms with E-state index in [1.54, 1.807) is 41.8 Å². The zero-order valence-corrected chi connectivity index (χ0v) is 17.0. The van der Waals surface area contributed by atoms with E-state index in [9.17, 15) is 9.59 Å². The second kappa shape index (κ2) is 8.16. The van der Waals surface area contributed by atoms with Gasteiger partial charge in [0.15, 0.2) is 16.7 Å². The highest BCUT2D eigenvalue weighted by Crippen LogP contribution is 2.33. The summed E-state index contributed by atoms with van der Waals surface area (Å²) in [4.78, 5) is 30.1. The number of ether oxygens (including phenoxy) is 2. The van der Waals surface area contributed by atoms with Crippen LogP contribution in [0.4, 0.5) is 5.69 Å². The highest BCUT2D eigenvalue weighted by atomic mass is 32.2. The smallest absolute Gasteiger partial charge is 0.262 e. The fourth-order valence-electron chi connectivity index (χ4n) is 3.09. The molecule has 0 aliphatic carbocycles. The molecule has 0 radical (unpaired) electrons. The first-order chi connectivity index (χ1) is 14.1. The Morgan fingerprint density at radius 3 is 2.76 bits per heavy atom. The van der Waals surface area contributed by atoms with Crippen molar-refractivity contribution >= 4 is 34.3 Å². The molecule has 0 fully saturated rings. The third-order valence-electron chi connectivity index (χ3n) is 4.60. The molecule has 0 saturated carbocycles. The van der Waals surface area contributed by atoms with Crippen LogP contribution in [0.5, 0.6) is 11.5 Å². The number of nitrogens with one attached hydrogen (secondary N) is 1. The largest absolute Gasteiger partial charge is 0.486 e. The number of nitrogens with zero attached hydrogens (tertiary/aromatic N) is 2. The van der Waals surface area contributed by atoms with Gasteiger partial charge in [0.1, 0.15) is 13.2 Å². The van der Waals surface area contributed by atoms with Crippen LogP contribution in [0, 0.1) is 0 Å². The summed E-state index contributed by atoms with van der Waals surface area (Å²) in [7, 11) is 0. The average Bonchev–Trinajstić information content (AvgIpc) is 2.74. The van der Waals surface area contributed by atoms with E-state index in [1.807, 2.05) is 19.1 Å². The Morgan fingerprint density at radius 1 is 1.21 bits per heavy atom. The van der Waals surface area contributed by atoms with E-state index in [0.717, 1.165) is 0 Å². The Morgan fingerprint density at radius 2 is 1.97 bits per heavy atom. The van der Waals surface area contributed by atoms with Crippen LogP contribution in [0.25, 0.3) is 10.9 Å². The summed E-state index contributed by atoms with van der Waals surface area (Å²) in [6.45, 7) is 5.17. The van der Waals surface area contributed by atoms with Crippen molar-refractivity contribution in [1.29, 1.82) is 0 Å².